The summed E-state index contributed by atoms with van der Waals surface area (Å²) in [4.78, 5) is 34.2. The Morgan fingerprint density at radius 3 is 2.76 bits per heavy atom. The Balaban J connectivity index is 1.50. The second kappa shape index (κ2) is 8.34. The number of hydrogen-bond donors (Lipinski definition) is 3. The first-order chi connectivity index (χ1) is 16.0. The van der Waals surface area contributed by atoms with E-state index in [2.05, 4.69) is 31.0 Å². The molecule has 3 N–H and O–H groups in total. The normalized spacial score (nSPS) is 13.5. The standard InChI is InChI=1S/C22H21FN8O2/c1-24-19-10-17(29-20-15(12-26-31(19)20)21(32)27-14-4-2-5-14)28-16-6-3-9-30(22(16)33)18-8-7-13(23)11-25-18/h3,6-12,14,24H,2,4-5H2,1H3,(H,27,32)(H,28,29). The lowest BCUT2D eigenvalue weighted by Crippen LogP contribution is -2.39. The Morgan fingerprint density at radius 2 is 2.06 bits per heavy atom. The van der Waals surface area contributed by atoms with Crippen LogP contribution in [0.2, 0.25) is 0 Å². The van der Waals surface area contributed by atoms with Crippen molar-refractivity contribution in [3.8, 4) is 5.82 Å². The van der Waals surface area contributed by atoms with E-state index in [-0.39, 0.29) is 29.0 Å². The van der Waals surface area contributed by atoms with Crippen molar-refractivity contribution in [2.45, 2.75) is 25.3 Å². The molecule has 4 heterocycles. The minimum absolute atomic E-state index is 0.181. The molecule has 0 aromatic carbocycles. The maximum absolute atomic E-state index is 13.2. The number of nitrogens with zero attached hydrogens (tertiary/aromatic N) is 5. The number of fused-ring (bicyclic) bond motifs is 1. The molecule has 168 valence electrons. The summed E-state index contributed by atoms with van der Waals surface area (Å²) >= 11 is 0. The number of carbonyl (C=O) groups is 1. The molecule has 4 aromatic rings. The molecular formula is C22H21FN8O2. The van der Waals surface area contributed by atoms with Crippen molar-refractivity contribution < 1.29 is 9.18 Å². The Bertz CT molecular complexity index is 1390. The highest BCUT2D eigenvalue weighted by molar-refractivity contribution is 6.00. The zero-order valence-corrected chi connectivity index (χ0v) is 17.7. The molecule has 0 unspecified atom stereocenters. The van der Waals surface area contributed by atoms with Crippen LogP contribution < -0.4 is 21.5 Å². The van der Waals surface area contributed by atoms with Crippen LogP contribution >= 0.6 is 0 Å². The largest absolute Gasteiger partial charge is 0.373 e. The van der Waals surface area contributed by atoms with E-state index in [4.69, 9.17) is 0 Å². The lowest BCUT2D eigenvalue weighted by atomic mass is 9.93. The van der Waals surface area contributed by atoms with Crippen LogP contribution in [0.1, 0.15) is 29.6 Å². The monoisotopic (exact) mass is 448 g/mol. The zero-order chi connectivity index (χ0) is 22.9. The van der Waals surface area contributed by atoms with Crippen molar-refractivity contribution in [1.82, 2.24) is 29.5 Å². The number of nitrogens with one attached hydrogen (secondary N) is 3. The highest BCUT2D eigenvalue weighted by Gasteiger charge is 2.23. The van der Waals surface area contributed by atoms with Gasteiger partial charge in [0.15, 0.2) is 5.65 Å². The lowest BCUT2D eigenvalue weighted by molar-refractivity contribution is 0.0918. The van der Waals surface area contributed by atoms with Gasteiger partial charge in [-0.05, 0) is 43.5 Å². The number of hydrogen-bond acceptors (Lipinski definition) is 7. The van der Waals surface area contributed by atoms with Crippen LogP contribution in [0.25, 0.3) is 11.5 Å². The number of anilines is 3. The zero-order valence-electron chi connectivity index (χ0n) is 17.7. The summed E-state index contributed by atoms with van der Waals surface area (Å²) in [5.41, 5.74) is 0.559. The van der Waals surface area contributed by atoms with E-state index >= 15 is 0 Å². The van der Waals surface area contributed by atoms with E-state index < -0.39 is 5.82 Å². The molecule has 1 amide bonds. The number of rotatable bonds is 6. The lowest BCUT2D eigenvalue weighted by Gasteiger charge is -2.26. The fraction of sp³-hybridized carbons (Fsp3) is 0.227. The average molecular weight is 448 g/mol. The molecule has 4 aromatic heterocycles. The first-order valence-electron chi connectivity index (χ1n) is 10.5. The molecule has 5 rings (SSSR count). The number of halogens is 1. The van der Waals surface area contributed by atoms with E-state index in [9.17, 15) is 14.0 Å². The van der Waals surface area contributed by atoms with Crippen LogP contribution in [0.5, 0.6) is 0 Å². The quantitative estimate of drug-likeness (QED) is 0.415. The molecule has 0 bridgehead atoms. The minimum Gasteiger partial charge on any atom is -0.373 e. The molecule has 0 atom stereocenters. The van der Waals surface area contributed by atoms with Gasteiger partial charge in [0.1, 0.15) is 34.5 Å². The van der Waals surface area contributed by atoms with Gasteiger partial charge in [-0.1, -0.05) is 0 Å². The minimum atomic E-state index is -0.490. The van der Waals surface area contributed by atoms with E-state index in [0.29, 0.717) is 22.8 Å². The predicted molar refractivity (Wildman–Crippen MR) is 121 cm³/mol. The first kappa shape index (κ1) is 20.6. The maximum atomic E-state index is 13.2. The molecule has 10 nitrogen and oxygen atoms in total. The SMILES string of the molecule is CNc1cc(Nc2cccn(-c3ccc(F)cn3)c2=O)nc2c(C(=O)NC3CCC3)cnn12. The molecule has 1 aliphatic rings. The molecule has 0 radical (unpaired) electrons. The molecule has 0 aliphatic heterocycles. The van der Waals surface area contributed by atoms with Gasteiger partial charge < -0.3 is 16.0 Å². The smallest absolute Gasteiger partial charge is 0.279 e. The van der Waals surface area contributed by atoms with Crippen molar-refractivity contribution in [2.24, 2.45) is 0 Å². The Hall–Kier alpha value is -4.28. The van der Waals surface area contributed by atoms with Crippen LogP contribution in [-0.4, -0.2) is 43.1 Å². The highest BCUT2D eigenvalue weighted by Crippen LogP contribution is 2.23. The number of amides is 1. The fourth-order valence-electron chi connectivity index (χ4n) is 3.60. The van der Waals surface area contributed by atoms with Crippen LogP contribution in [0.3, 0.4) is 0 Å². The van der Waals surface area contributed by atoms with Crippen molar-refractivity contribution in [1.29, 1.82) is 0 Å². The Labute approximate surface area is 187 Å². The summed E-state index contributed by atoms with van der Waals surface area (Å²) in [7, 11) is 1.73. The molecule has 0 spiro atoms. The summed E-state index contributed by atoms with van der Waals surface area (Å²) in [5, 5.41) is 13.3. The third-order valence-corrected chi connectivity index (χ3v) is 5.58. The van der Waals surface area contributed by atoms with E-state index in [1.165, 1.54) is 27.4 Å². The van der Waals surface area contributed by atoms with Crippen LogP contribution in [0.15, 0.2) is 53.7 Å². The van der Waals surface area contributed by atoms with Gasteiger partial charge in [0.2, 0.25) is 0 Å². The van der Waals surface area contributed by atoms with Gasteiger partial charge in [-0.15, -0.1) is 0 Å². The summed E-state index contributed by atoms with van der Waals surface area (Å²) in [6.07, 6.45) is 7.12. The summed E-state index contributed by atoms with van der Waals surface area (Å²) in [5.74, 6) is 0.505. The molecule has 0 saturated heterocycles. The van der Waals surface area contributed by atoms with Gasteiger partial charge in [-0.2, -0.15) is 9.61 Å². The second-order valence-electron chi connectivity index (χ2n) is 7.73. The van der Waals surface area contributed by atoms with Gasteiger partial charge >= 0.3 is 0 Å². The van der Waals surface area contributed by atoms with Crippen molar-refractivity contribution in [3.63, 3.8) is 0 Å². The topological polar surface area (TPSA) is 118 Å². The summed E-state index contributed by atoms with van der Waals surface area (Å²) in [6.45, 7) is 0. The molecule has 11 heteroatoms. The number of aromatic nitrogens is 5. The van der Waals surface area contributed by atoms with Gasteiger partial charge in [-0.25, -0.2) is 14.4 Å². The van der Waals surface area contributed by atoms with Crippen molar-refractivity contribution >= 4 is 28.9 Å². The fourth-order valence-corrected chi connectivity index (χ4v) is 3.60. The third-order valence-electron chi connectivity index (χ3n) is 5.58. The van der Waals surface area contributed by atoms with Gasteiger partial charge in [0.25, 0.3) is 11.5 Å². The van der Waals surface area contributed by atoms with Crippen LogP contribution in [0, 0.1) is 5.82 Å². The Morgan fingerprint density at radius 1 is 1.21 bits per heavy atom. The summed E-state index contributed by atoms with van der Waals surface area (Å²) < 4.78 is 16.0. The molecule has 1 saturated carbocycles. The maximum Gasteiger partial charge on any atom is 0.279 e. The van der Waals surface area contributed by atoms with Gasteiger partial charge in [0, 0.05) is 25.4 Å². The first-order valence-corrected chi connectivity index (χ1v) is 10.5. The third kappa shape index (κ3) is 3.88. The highest BCUT2D eigenvalue weighted by atomic mass is 19.1. The average Bonchev–Trinajstić information content (AvgIpc) is 3.22. The number of carbonyl (C=O) groups excluding carboxylic acids is 1. The van der Waals surface area contributed by atoms with E-state index in [1.807, 2.05) is 0 Å². The van der Waals surface area contributed by atoms with Crippen LogP contribution in [0.4, 0.5) is 21.7 Å². The second-order valence-corrected chi connectivity index (χ2v) is 7.73. The molecule has 1 aliphatic carbocycles. The summed E-state index contributed by atoms with van der Waals surface area (Å²) in [6, 6.07) is 7.79. The van der Waals surface area contributed by atoms with Gasteiger partial charge in [-0.3, -0.25) is 14.2 Å². The molecule has 33 heavy (non-hydrogen) atoms. The van der Waals surface area contributed by atoms with Crippen molar-refractivity contribution in [2.75, 3.05) is 17.7 Å². The number of pyridine rings is 2. The molecular weight excluding hydrogens is 427 g/mol. The van der Waals surface area contributed by atoms with E-state index in [0.717, 1.165) is 25.5 Å². The molecule has 1 fully saturated rings. The van der Waals surface area contributed by atoms with E-state index in [1.54, 1.807) is 31.4 Å². The van der Waals surface area contributed by atoms with Crippen LogP contribution in [-0.2, 0) is 0 Å². The predicted octanol–water partition coefficient (Wildman–Crippen LogP) is 2.48. The Kier molecular flexibility index (Phi) is 5.21. The van der Waals surface area contributed by atoms with Gasteiger partial charge in [0.05, 0.1) is 12.4 Å². The van der Waals surface area contributed by atoms with Crippen molar-refractivity contribution in [3.05, 3.63) is 70.7 Å².